The van der Waals surface area contributed by atoms with E-state index in [1.807, 2.05) is 17.3 Å². The molecule has 1 aromatic rings. The number of amides is 1. The molecule has 1 aromatic heterocycles. The average Bonchev–Trinajstić information content (AvgIpc) is 2.86. The van der Waals surface area contributed by atoms with Crippen LogP contribution < -0.4 is 0 Å². The number of thiazole rings is 1. The summed E-state index contributed by atoms with van der Waals surface area (Å²) in [5.74, 6) is 0.236. The molecule has 7 heteroatoms. The number of hydrogen-bond donors (Lipinski definition) is 0. The van der Waals surface area contributed by atoms with Crippen LogP contribution >= 0.6 is 11.3 Å². The lowest BCUT2D eigenvalue weighted by molar-refractivity contribution is -0.132. The van der Waals surface area contributed by atoms with Crippen LogP contribution in [-0.4, -0.2) is 79.3 Å². The van der Waals surface area contributed by atoms with Gasteiger partial charge in [-0.3, -0.25) is 9.69 Å². The Hall–Kier alpha value is -1.02. The van der Waals surface area contributed by atoms with Crippen molar-refractivity contribution >= 4 is 17.2 Å². The molecule has 3 heterocycles. The van der Waals surface area contributed by atoms with E-state index in [2.05, 4.69) is 9.88 Å². The van der Waals surface area contributed by atoms with Gasteiger partial charge >= 0.3 is 0 Å². The SMILES string of the molecule is Cc1ncsc1CCC(=O)N1CCCOC(CN2CCOCC2)C1. The highest BCUT2D eigenvalue weighted by atomic mass is 32.1. The fraction of sp³-hybridized carbons (Fsp3) is 0.765. The highest BCUT2D eigenvalue weighted by molar-refractivity contribution is 7.09. The fourth-order valence-corrected chi connectivity index (χ4v) is 4.03. The Morgan fingerprint density at radius 3 is 2.92 bits per heavy atom. The van der Waals surface area contributed by atoms with Crippen molar-refractivity contribution in [2.24, 2.45) is 0 Å². The van der Waals surface area contributed by atoms with Crippen LogP contribution in [0.1, 0.15) is 23.4 Å². The second-order valence-electron chi connectivity index (χ2n) is 6.46. The van der Waals surface area contributed by atoms with Gasteiger partial charge in [0.1, 0.15) is 0 Å². The molecule has 0 spiro atoms. The number of carbonyl (C=O) groups excluding carboxylic acids is 1. The topological polar surface area (TPSA) is 54.9 Å². The third-order valence-electron chi connectivity index (χ3n) is 4.68. The summed E-state index contributed by atoms with van der Waals surface area (Å²) in [6.07, 6.45) is 2.39. The van der Waals surface area contributed by atoms with Crippen LogP contribution in [-0.2, 0) is 20.7 Å². The molecule has 0 aromatic carbocycles. The van der Waals surface area contributed by atoms with Crippen molar-refractivity contribution in [3.63, 3.8) is 0 Å². The Morgan fingerprint density at radius 1 is 1.33 bits per heavy atom. The minimum Gasteiger partial charge on any atom is -0.379 e. The number of aryl methyl sites for hydroxylation is 2. The standard InChI is InChI=1S/C17H27N3O3S/c1-14-16(24-13-18-14)3-4-17(21)20-5-2-8-23-15(12-20)11-19-6-9-22-10-7-19/h13,15H,2-12H2,1H3. The van der Waals surface area contributed by atoms with E-state index in [4.69, 9.17) is 9.47 Å². The molecule has 0 aliphatic carbocycles. The Labute approximate surface area is 147 Å². The van der Waals surface area contributed by atoms with Gasteiger partial charge in [-0.15, -0.1) is 11.3 Å². The van der Waals surface area contributed by atoms with Crippen molar-refractivity contribution in [1.29, 1.82) is 0 Å². The van der Waals surface area contributed by atoms with Gasteiger partial charge in [-0.25, -0.2) is 4.98 Å². The predicted molar refractivity (Wildman–Crippen MR) is 93.4 cm³/mol. The highest BCUT2D eigenvalue weighted by Crippen LogP contribution is 2.16. The first-order valence-electron chi connectivity index (χ1n) is 8.81. The van der Waals surface area contributed by atoms with Gasteiger partial charge in [0.15, 0.2) is 0 Å². The smallest absolute Gasteiger partial charge is 0.223 e. The van der Waals surface area contributed by atoms with Crippen LogP contribution in [0.2, 0.25) is 0 Å². The zero-order valence-electron chi connectivity index (χ0n) is 14.4. The molecule has 0 saturated carbocycles. The maximum absolute atomic E-state index is 12.6. The van der Waals surface area contributed by atoms with E-state index in [1.165, 1.54) is 4.88 Å². The Kier molecular flexibility index (Phi) is 6.59. The maximum atomic E-state index is 12.6. The minimum atomic E-state index is 0.111. The third kappa shape index (κ3) is 4.99. The lowest BCUT2D eigenvalue weighted by Crippen LogP contribution is -2.45. The fourth-order valence-electron chi connectivity index (χ4n) is 3.25. The molecule has 0 bridgehead atoms. The zero-order valence-corrected chi connectivity index (χ0v) is 15.2. The largest absolute Gasteiger partial charge is 0.379 e. The van der Waals surface area contributed by atoms with Crippen molar-refractivity contribution < 1.29 is 14.3 Å². The summed E-state index contributed by atoms with van der Waals surface area (Å²) in [5, 5.41) is 0. The van der Waals surface area contributed by atoms with E-state index in [0.717, 1.165) is 64.5 Å². The van der Waals surface area contributed by atoms with E-state index < -0.39 is 0 Å². The molecular formula is C17H27N3O3S. The Bertz CT molecular complexity index is 531. The molecule has 0 radical (unpaired) electrons. The lowest BCUT2D eigenvalue weighted by Gasteiger charge is -2.31. The normalized spacial score (nSPS) is 23.2. The van der Waals surface area contributed by atoms with E-state index in [9.17, 15) is 4.79 Å². The first-order chi connectivity index (χ1) is 11.7. The van der Waals surface area contributed by atoms with Gasteiger partial charge in [0.05, 0.1) is 30.5 Å². The van der Waals surface area contributed by atoms with Crippen LogP contribution in [0.25, 0.3) is 0 Å². The molecule has 0 N–H and O–H groups in total. The van der Waals surface area contributed by atoms with Gasteiger partial charge in [-0.2, -0.15) is 0 Å². The number of aromatic nitrogens is 1. The van der Waals surface area contributed by atoms with Crippen molar-refractivity contribution in [2.45, 2.75) is 32.3 Å². The second-order valence-corrected chi connectivity index (χ2v) is 7.40. The van der Waals surface area contributed by atoms with E-state index >= 15 is 0 Å². The van der Waals surface area contributed by atoms with Crippen molar-refractivity contribution in [3.05, 3.63) is 16.1 Å². The molecule has 2 aliphatic rings. The number of nitrogens with zero attached hydrogens (tertiary/aromatic N) is 3. The molecule has 2 aliphatic heterocycles. The van der Waals surface area contributed by atoms with Crippen molar-refractivity contribution in [3.8, 4) is 0 Å². The molecule has 2 saturated heterocycles. The molecule has 134 valence electrons. The van der Waals surface area contributed by atoms with Crippen LogP contribution in [0.3, 0.4) is 0 Å². The monoisotopic (exact) mass is 353 g/mol. The molecule has 1 atom stereocenters. The quantitative estimate of drug-likeness (QED) is 0.799. The summed E-state index contributed by atoms with van der Waals surface area (Å²) in [5.41, 5.74) is 2.91. The van der Waals surface area contributed by atoms with Crippen molar-refractivity contribution in [1.82, 2.24) is 14.8 Å². The summed E-state index contributed by atoms with van der Waals surface area (Å²) in [4.78, 5) is 22.5. The molecule has 1 unspecified atom stereocenters. The van der Waals surface area contributed by atoms with Crippen LogP contribution in [0.4, 0.5) is 0 Å². The predicted octanol–water partition coefficient (Wildman–Crippen LogP) is 1.33. The molecule has 2 fully saturated rings. The molecule has 24 heavy (non-hydrogen) atoms. The second kappa shape index (κ2) is 8.89. The van der Waals surface area contributed by atoms with Gasteiger partial charge in [-0.05, 0) is 19.8 Å². The lowest BCUT2D eigenvalue weighted by atomic mass is 10.2. The zero-order chi connectivity index (χ0) is 16.8. The minimum absolute atomic E-state index is 0.111. The molecular weight excluding hydrogens is 326 g/mol. The van der Waals surface area contributed by atoms with E-state index in [0.29, 0.717) is 13.0 Å². The number of morpholine rings is 1. The van der Waals surface area contributed by atoms with Crippen molar-refractivity contribution in [2.75, 3.05) is 52.5 Å². The molecule has 1 amide bonds. The summed E-state index contributed by atoms with van der Waals surface area (Å²) < 4.78 is 11.4. The van der Waals surface area contributed by atoms with Crippen LogP contribution in [0, 0.1) is 6.92 Å². The number of ether oxygens (including phenoxy) is 2. The Morgan fingerprint density at radius 2 is 2.17 bits per heavy atom. The number of rotatable bonds is 5. The summed E-state index contributed by atoms with van der Waals surface area (Å²) in [6.45, 7) is 8.66. The molecule has 6 nitrogen and oxygen atoms in total. The van der Waals surface area contributed by atoms with Gasteiger partial charge in [0.2, 0.25) is 5.91 Å². The number of carbonyl (C=O) groups is 1. The average molecular weight is 353 g/mol. The Balaban J connectivity index is 1.49. The highest BCUT2D eigenvalue weighted by Gasteiger charge is 2.25. The first-order valence-corrected chi connectivity index (χ1v) is 9.69. The van der Waals surface area contributed by atoms with Gasteiger partial charge in [-0.1, -0.05) is 0 Å². The van der Waals surface area contributed by atoms with Gasteiger partial charge < -0.3 is 14.4 Å². The summed E-state index contributed by atoms with van der Waals surface area (Å²) in [7, 11) is 0. The maximum Gasteiger partial charge on any atom is 0.223 e. The first kappa shape index (κ1) is 17.8. The van der Waals surface area contributed by atoms with Gasteiger partial charge in [0, 0.05) is 50.6 Å². The summed E-state index contributed by atoms with van der Waals surface area (Å²) >= 11 is 1.64. The van der Waals surface area contributed by atoms with Gasteiger partial charge in [0.25, 0.3) is 0 Å². The van der Waals surface area contributed by atoms with E-state index in [1.54, 1.807) is 11.3 Å². The van der Waals surface area contributed by atoms with Crippen LogP contribution in [0.15, 0.2) is 5.51 Å². The third-order valence-corrected chi connectivity index (χ3v) is 5.67. The van der Waals surface area contributed by atoms with E-state index in [-0.39, 0.29) is 12.0 Å². The van der Waals surface area contributed by atoms with Crippen LogP contribution in [0.5, 0.6) is 0 Å². The molecule has 3 rings (SSSR count). The summed E-state index contributed by atoms with van der Waals surface area (Å²) in [6, 6.07) is 0. The number of hydrogen-bond acceptors (Lipinski definition) is 6.